The summed E-state index contributed by atoms with van der Waals surface area (Å²) >= 11 is 0. The van der Waals surface area contributed by atoms with E-state index in [1.54, 1.807) is 0 Å². The summed E-state index contributed by atoms with van der Waals surface area (Å²) in [5.41, 5.74) is 6.04. The highest BCUT2D eigenvalue weighted by Gasteiger charge is 2.22. The maximum absolute atomic E-state index is 12.6. The second-order valence-corrected chi connectivity index (χ2v) is 8.06. The van der Waals surface area contributed by atoms with Crippen LogP contribution in [0, 0.1) is 13.8 Å². The molecule has 5 rings (SSSR count). The summed E-state index contributed by atoms with van der Waals surface area (Å²) in [4.78, 5) is 24.7. The first kappa shape index (κ1) is 18.9. The van der Waals surface area contributed by atoms with Crippen LogP contribution in [0.4, 0.5) is 0 Å². The van der Waals surface area contributed by atoms with Crippen LogP contribution in [-0.4, -0.2) is 38.6 Å². The van der Waals surface area contributed by atoms with Gasteiger partial charge in [-0.3, -0.25) is 4.79 Å². The summed E-state index contributed by atoms with van der Waals surface area (Å²) in [5, 5.41) is 3.88. The van der Waals surface area contributed by atoms with E-state index in [9.17, 15) is 4.79 Å². The van der Waals surface area contributed by atoms with Gasteiger partial charge in [-0.25, -0.2) is 4.98 Å². The molecule has 1 saturated heterocycles. The standard InChI is InChI=1S/C23H24N4O3/c1-13-21(26-22(24-13)20(28)8-7-19-4-3-9-29-19)16-6-5-15-10-18(12-17(15)11-16)23-25-14(2)27-30-23/h5-6,11-12,19H,3-4,7-10H2,1-2H3,(H,24,26)/t19-/m0/s1. The number of carbonyl (C=O) groups is 1. The van der Waals surface area contributed by atoms with Gasteiger partial charge in [0.2, 0.25) is 0 Å². The molecule has 0 radical (unpaired) electrons. The Hall–Kier alpha value is -3.06. The van der Waals surface area contributed by atoms with Crippen LogP contribution in [0.25, 0.3) is 22.9 Å². The Kier molecular flexibility index (Phi) is 4.83. The highest BCUT2D eigenvalue weighted by atomic mass is 16.5. The lowest BCUT2D eigenvalue weighted by Crippen LogP contribution is -2.09. The molecule has 7 heteroatoms. The molecule has 3 aromatic rings. The molecule has 0 unspecified atom stereocenters. The number of aromatic nitrogens is 4. The van der Waals surface area contributed by atoms with Crippen molar-refractivity contribution in [2.45, 2.75) is 52.1 Å². The highest BCUT2D eigenvalue weighted by molar-refractivity contribution is 5.93. The van der Waals surface area contributed by atoms with Gasteiger partial charge in [0.15, 0.2) is 17.4 Å². The van der Waals surface area contributed by atoms with Gasteiger partial charge in [0.1, 0.15) is 0 Å². The molecule has 1 aromatic carbocycles. The van der Waals surface area contributed by atoms with Gasteiger partial charge in [-0.2, -0.15) is 4.98 Å². The molecule has 0 bridgehead atoms. The number of nitrogens with one attached hydrogen (secondary N) is 1. The lowest BCUT2D eigenvalue weighted by atomic mass is 10.0. The Morgan fingerprint density at radius 1 is 1.27 bits per heavy atom. The molecule has 2 aromatic heterocycles. The minimum Gasteiger partial charge on any atom is -0.378 e. The minimum absolute atomic E-state index is 0.0370. The van der Waals surface area contributed by atoms with Gasteiger partial charge < -0.3 is 14.2 Å². The molecule has 1 fully saturated rings. The maximum atomic E-state index is 12.6. The van der Waals surface area contributed by atoms with Crippen molar-refractivity contribution >= 4 is 17.4 Å². The average Bonchev–Trinajstić information content (AvgIpc) is 3.51. The molecule has 3 heterocycles. The van der Waals surface area contributed by atoms with Crippen molar-refractivity contribution in [3.05, 3.63) is 52.6 Å². The fourth-order valence-corrected chi connectivity index (χ4v) is 4.20. The molecule has 0 saturated carbocycles. The largest absolute Gasteiger partial charge is 0.378 e. The van der Waals surface area contributed by atoms with Crippen LogP contribution in [0.1, 0.15) is 64.8 Å². The first-order valence-electron chi connectivity index (χ1n) is 10.4. The Bertz CT molecular complexity index is 1140. The van der Waals surface area contributed by atoms with Crippen LogP contribution >= 0.6 is 0 Å². The average molecular weight is 404 g/mol. The number of nitrogens with zero attached hydrogens (tertiary/aromatic N) is 3. The van der Waals surface area contributed by atoms with E-state index in [1.807, 2.05) is 13.8 Å². The monoisotopic (exact) mass is 404 g/mol. The summed E-state index contributed by atoms with van der Waals surface area (Å²) in [5.74, 6) is 1.67. The second-order valence-electron chi connectivity index (χ2n) is 8.06. The fourth-order valence-electron chi connectivity index (χ4n) is 4.20. The second kappa shape index (κ2) is 7.65. The Balaban J connectivity index is 1.35. The first-order valence-corrected chi connectivity index (χ1v) is 10.4. The molecule has 0 amide bonds. The fraction of sp³-hybridized carbons (Fsp3) is 0.391. The number of carbonyl (C=O) groups excluding carboxylic acids is 1. The van der Waals surface area contributed by atoms with Crippen molar-refractivity contribution < 1.29 is 14.1 Å². The molecule has 30 heavy (non-hydrogen) atoms. The van der Waals surface area contributed by atoms with Gasteiger partial charge in [0.05, 0.1) is 11.8 Å². The van der Waals surface area contributed by atoms with E-state index in [2.05, 4.69) is 44.4 Å². The third-order valence-electron chi connectivity index (χ3n) is 5.80. The van der Waals surface area contributed by atoms with E-state index in [1.165, 1.54) is 5.56 Å². The van der Waals surface area contributed by atoms with Crippen molar-refractivity contribution in [1.82, 2.24) is 20.1 Å². The number of H-pyrrole nitrogens is 1. The molecule has 1 aliphatic heterocycles. The lowest BCUT2D eigenvalue weighted by Gasteiger charge is -2.06. The number of benzene rings is 1. The van der Waals surface area contributed by atoms with Gasteiger partial charge in [-0.1, -0.05) is 17.3 Å². The molecule has 154 valence electrons. The van der Waals surface area contributed by atoms with Crippen LogP contribution in [0.2, 0.25) is 0 Å². The number of ketones is 1. The normalized spacial score (nSPS) is 17.9. The lowest BCUT2D eigenvalue weighted by molar-refractivity contribution is 0.0853. The number of hydrogen-bond donors (Lipinski definition) is 1. The number of aromatic amines is 1. The number of rotatable bonds is 6. The smallest absolute Gasteiger partial charge is 0.254 e. The zero-order chi connectivity index (χ0) is 20.7. The molecule has 1 N–H and O–H groups in total. The predicted molar refractivity (Wildman–Crippen MR) is 112 cm³/mol. The van der Waals surface area contributed by atoms with Crippen LogP contribution in [0.5, 0.6) is 0 Å². The number of hydrogen-bond acceptors (Lipinski definition) is 6. The van der Waals surface area contributed by atoms with Crippen molar-refractivity contribution in [1.29, 1.82) is 0 Å². The number of ether oxygens (including phenoxy) is 1. The zero-order valence-corrected chi connectivity index (χ0v) is 17.2. The third-order valence-corrected chi connectivity index (χ3v) is 5.80. The minimum atomic E-state index is 0.0370. The molecule has 0 spiro atoms. The van der Waals surface area contributed by atoms with Crippen LogP contribution in [-0.2, 0) is 11.2 Å². The molecule has 1 atom stereocenters. The van der Waals surface area contributed by atoms with Crippen molar-refractivity contribution in [3.8, 4) is 11.3 Å². The number of fused-ring (bicyclic) bond motifs is 1. The molecular weight excluding hydrogens is 380 g/mol. The third kappa shape index (κ3) is 3.61. The van der Waals surface area contributed by atoms with Gasteiger partial charge in [-0.05, 0) is 56.4 Å². The van der Waals surface area contributed by atoms with E-state index in [0.29, 0.717) is 24.0 Å². The molecular formula is C23H24N4O3. The number of allylic oxidation sites excluding steroid dienone is 1. The van der Waals surface area contributed by atoms with Gasteiger partial charge in [0, 0.05) is 36.3 Å². The topological polar surface area (TPSA) is 93.9 Å². The number of Topliss-reactive ketones (excluding diaryl/α,β-unsaturated/α-hetero) is 1. The van der Waals surface area contributed by atoms with Crippen LogP contribution < -0.4 is 0 Å². The number of imidazole rings is 1. The van der Waals surface area contributed by atoms with Crippen molar-refractivity contribution in [2.24, 2.45) is 0 Å². The molecule has 2 aliphatic rings. The van der Waals surface area contributed by atoms with E-state index < -0.39 is 0 Å². The number of aryl methyl sites for hydroxylation is 2. The SMILES string of the molecule is Cc1noc(C2=Cc3cc(-c4nc(C(=O)CC[C@@H]5CCCO5)[nH]c4C)ccc3C2)n1. The van der Waals surface area contributed by atoms with Gasteiger partial charge in [0.25, 0.3) is 5.89 Å². The van der Waals surface area contributed by atoms with E-state index >= 15 is 0 Å². The summed E-state index contributed by atoms with van der Waals surface area (Å²) in [6, 6.07) is 6.26. The Morgan fingerprint density at radius 2 is 2.17 bits per heavy atom. The van der Waals surface area contributed by atoms with E-state index in [-0.39, 0.29) is 11.9 Å². The predicted octanol–water partition coefficient (Wildman–Crippen LogP) is 4.32. The van der Waals surface area contributed by atoms with Crippen LogP contribution in [0.15, 0.2) is 22.7 Å². The molecule has 1 aliphatic carbocycles. The van der Waals surface area contributed by atoms with Crippen molar-refractivity contribution in [2.75, 3.05) is 6.61 Å². The summed E-state index contributed by atoms with van der Waals surface area (Å²) in [6.45, 7) is 4.58. The van der Waals surface area contributed by atoms with Gasteiger partial charge >= 0.3 is 0 Å². The summed E-state index contributed by atoms with van der Waals surface area (Å²) < 4.78 is 10.9. The summed E-state index contributed by atoms with van der Waals surface area (Å²) in [7, 11) is 0. The Labute approximate surface area is 174 Å². The highest BCUT2D eigenvalue weighted by Crippen LogP contribution is 2.34. The van der Waals surface area contributed by atoms with E-state index in [0.717, 1.165) is 60.4 Å². The quantitative estimate of drug-likeness (QED) is 0.615. The maximum Gasteiger partial charge on any atom is 0.254 e. The van der Waals surface area contributed by atoms with Gasteiger partial charge in [-0.15, -0.1) is 0 Å². The van der Waals surface area contributed by atoms with Crippen molar-refractivity contribution in [3.63, 3.8) is 0 Å². The Morgan fingerprint density at radius 3 is 2.93 bits per heavy atom. The first-order chi connectivity index (χ1) is 14.6. The van der Waals surface area contributed by atoms with E-state index in [4.69, 9.17) is 9.26 Å². The summed E-state index contributed by atoms with van der Waals surface area (Å²) in [6.07, 6.45) is 6.41. The van der Waals surface area contributed by atoms with Crippen LogP contribution in [0.3, 0.4) is 0 Å². The zero-order valence-electron chi connectivity index (χ0n) is 17.2. The molecule has 7 nitrogen and oxygen atoms in total.